The number of anilines is 2. The highest BCUT2D eigenvalue weighted by Crippen LogP contribution is 2.42. The lowest BCUT2D eigenvalue weighted by Gasteiger charge is -2.21. The normalized spacial score (nSPS) is 13.1. The number of alkyl halides is 3. The summed E-state index contributed by atoms with van der Waals surface area (Å²) in [4.78, 5) is 18.2. The van der Waals surface area contributed by atoms with Gasteiger partial charge in [-0.3, -0.25) is 9.88 Å². The van der Waals surface area contributed by atoms with Crippen LogP contribution in [-0.2, 0) is 12.6 Å². The predicted octanol–water partition coefficient (Wildman–Crippen LogP) is 5.82. The average Bonchev–Trinajstić information content (AvgIpc) is 3.15. The number of benzene rings is 2. The maximum Gasteiger partial charge on any atom is 0.420 e. The number of rotatable bonds is 3. The molecule has 1 aromatic heterocycles. The van der Waals surface area contributed by atoms with Crippen LogP contribution in [0.3, 0.4) is 0 Å². The second-order valence-corrected chi connectivity index (χ2v) is 7.43. The number of amides is 2. The van der Waals surface area contributed by atoms with Crippen LogP contribution >= 0.6 is 0 Å². The zero-order valence-electron chi connectivity index (χ0n) is 17.3. The minimum atomic E-state index is -4.63. The van der Waals surface area contributed by atoms with Crippen LogP contribution in [0, 0.1) is 12.7 Å². The van der Waals surface area contributed by atoms with E-state index in [4.69, 9.17) is 4.74 Å². The third-order valence-corrected chi connectivity index (χ3v) is 5.35. The molecule has 0 spiro atoms. The van der Waals surface area contributed by atoms with Crippen molar-refractivity contribution in [3.63, 3.8) is 0 Å². The molecular weight excluding hydrogens is 426 g/mol. The summed E-state index contributed by atoms with van der Waals surface area (Å²) in [6.45, 7) is 2.05. The first-order valence-electron chi connectivity index (χ1n) is 9.75. The van der Waals surface area contributed by atoms with Crippen LogP contribution in [0.4, 0.5) is 33.7 Å². The minimum Gasteiger partial charge on any atom is -0.496 e. The molecule has 4 rings (SSSR count). The number of carbonyl (C=O) groups excluding carboxylic acids is 1. The van der Waals surface area contributed by atoms with E-state index in [9.17, 15) is 22.4 Å². The molecular formula is C23H19F4N3O2. The lowest BCUT2D eigenvalue weighted by Crippen LogP contribution is -2.33. The maximum absolute atomic E-state index is 14.3. The Bertz CT molecular complexity index is 1190. The summed E-state index contributed by atoms with van der Waals surface area (Å²) in [5.41, 5.74) is 2.05. The number of halogens is 4. The molecule has 0 aliphatic carbocycles. The number of aryl methyl sites for hydroxylation is 1. The Kier molecular flexibility index (Phi) is 5.50. The standard InChI is InChI=1S/C23H19F4N3O2/c1-13-3-5-28-12-18(13)15-7-16(24)10-17(8-15)29-22(31)30-6-4-14-9-21(32-2)19(11-20(14)30)23(25,26)27/h3,5,7-12H,4,6H2,1-2H3,(H,29,31). The highest BCUT2D eigenvalue weighted by Gasteiger charge is 2.37. The number of nitrogens with one attached hydrogen (secondary N) is 1. The number of hydrogen-bond donors (Lipinski definition) is 1. The summed E-state index contributed by atoms with van der Waals surface area (Å²) in [5.74, 6) is -0.855. The van der Waals surface area contributed by atoms with Crippen LogP contribution in [0.1, 0.15) is 16.7 Å². The zero-order chi connectivity index (χ0) is 23.0. The number of ether oxygens (including phenoxy) is 1. The predicted molar refractivity (Wildman–Crippen MR) is 112 cm³/mol. The van der Waals surface area contributed by atoms with Gasteiger partial charge in [-0.25, -0.2) is 9.18 Å². The molecule has 0 saturated heterocycles. The fourth-order valence-corrected chi connectivity index (χ4v) is 3.79. The van der Waals surface area contributed by atoms with Crippen LogP contribution in [0.2, 0.25) is 0 Å². The molecule has 1 N–H and O–H groups in total. The Hall–Kier alpha value is -3.62. The average molecular weight is 445 g/mol. The second-order valence-electron chi connectivity index (χ2n) is 7.43. The fourth-order valence-electron chi connectivity index (χ4n) is 3.79. The van der Waals surface area contributed by atoms with E-state index in [-0.39, 0.29) is 23.7 Å². The van der Waals surface area contributed by atoms with Crippen molar-refractivity contribution < 1.29 is 27.1 Å². The van der Waals surface area contributed by atoms with Gasteiger partial charge in [-0.2, -0.15) is 13.2 Å². The van der Waals surface area contributed by atoms with Crippen molar-refractivity contribution in [3.8, 4) is 16.9 Å². The molecule has 5 nitrogen and oxygen atoms in total. The van der Waals surface area contributed by atoms with Gasteiger partial charge in [-0.15, -0.1) is 0 Å². The lowest BCUT2D eigenvalue weighted by molar-refractivity contribution is -0.138. The Morgan fingerprint density at radius 3 is 2.66 bits per heavy atom. The van der Waals surface area contributed by atoms with Gasteiger partial charge in [-0.1, -0.05) is 0 Å². The summed E-state index contributed by atoms with van der Waals surface area (Å²) in [6, 6.07) is 7.42. The van der Waals surface area contributed by atoms with Gasteiger partial charge in [0.1, 0.15) is 11.6 Å². The first-order valence-corrected chi connectivity index (χ1v) is 9.75. The number of urea groups is 1. The van der Waals surface area contributed by atoms with Gasteiger partial charge in [-0.05, 0) is 66.4 Å². The van der Waals surface area contributed by atoms with E-state index in [2.05, 4.69) is 10.3 Å². The van der Waals surface area contributed by atoms with Crippen molar-refractivity contribution in [2.24, 2.45) is 0 Å². The molecule has 1 aliphatic rings. The number of aromatic nitrogens is 1. The van der Waals surface area contributed by atoms with Crippen molar-refractivity contribution in [2.45, 2.75) is 19.5 Å². The smallest absolute Gasteiger partial charge is 0.420 e. The van der Waals surface area contributed by atoms with E-state index in [1.54, 1.807) is 24.5 Å². The van der Waals surface area contributed by atoms with E-state index in [1.165, 1.54) is 24.1 Å². The zero-order valence-corrected chi connectivity index (χ0v) is 17.3. The van der Waals surface area contributed by atoms with E-state index in [1.807, 2.05) is 6.92 Å². The molecule has 0 saturated carbocycles. The molecule has 0 atom stereocenters. The van der Waals surface area contributed by atoms with E-state index in [0.717, 1.165) is 17.7 Å². The van der Waals surface area contributed by atoms with Crippen molar-refractivity contribution in [3.05, 3.63) is 71.3 Å². The molecule has 0 fully saturated rings. The summed E-state index contributed by atoms with van der Waals surface area (Å²) in [6.07, 6.45) is -1.04. The molecule has 32 heavy (non-hydrogen) atoms. The number of carbonyl (C=O) groups is 1. The van der Waals surface area contributed by atoms with Crippen molar-refractivity contribution >= 4 is 17.4 Å². The molecule has 0 bridgehead atoms. The molecule has 3 aromatic rings. The van der Waals surface area contributed by atoms with Gasteiger partial charge in [0.2, 0.25) is 0 Å². The molecule has 2 aromatic carbocycles. The van der Waals surface area contributed by atoms with Crippen molar-refractivity contribution in [1.82, 2.24) is 4.98 Å². The van der Waals surface area contributed by atoms with Crippen LogP contribution in [-0.4, -0.2) is 24.7 Å². The Morgan fingerprint density at radius 1 is 1.19 bits per heavy atom. The highest BCUT2D eigenvalue weighted by molar-refractivity contribution is 6.03. The minimum absolute atomic E-state index is 0.148. The molecule has 9 heteroatoms. The number of pyridine rings is 1. The van der Waals surface area contributed by atoms with Crippen LogP contribution in [0.25, 0.3) is 11.1 Å². The van der Waals surface area contributed by atoms with Gasteiger partial charge in [0, 0.05) is 35.9 Å². The Morgan fingerprint density at radius 2 is 1.97 bits per heavy atom. The Balaban J connectivity index is 1.64. The lowest BCUT2D eigenvalue weighted by atomic mass is 10.0. The van der Waals surface area contributed by atoms with Gasteiger partial charge < -0.3 is 10.1 Å². The third kappa shape index (κ3) is 4.10. The monoisotopic (exact) mass is 445 g/mol. The van der Waals surface area contributed by atoms with E-state index >= 15 is 0 Å². The molecule has 2 amide bonds. The van der Waals surface area contributed by atoms with Crippen LogP contribution in [0.5, 0.6) is 5.75 Å². The SMILES string of the molecule is COc1cc2c(cc1C(F)(F)F)N(C(=O)Nc1cc(F)cc(-c3cnccc3C)c1)CC2. The topological polar surface area (TPSA) is 54.5 Å². The van der Waals surface area contributed by atoms with E-state index < -0.39 is 23.6 Å². The number of methoxy groups -OCH3 is 1. The van der Waals surface area contributed by atoms with Crippen molar-refractivity contribution in [1.29, 1.82) is 0 Å². The van der Waals surface area contributed by atoms with Gasteiger partial charge in [0.05, 0.1) is 12.7 Å². The first-order chi connectivity index (χ1) is 15.2. The van der Waals surface area contributed by atoms with Gasteiger partial charge in [0.15, 0.2) is 0 Å². The summed E-state index contributed by atoms with van der Waals surface area (Å²) in [5, 5.41) is 2.60. The molecule has 1 aliphatic heterocycles. The fraction of sp³-hybridized carbons (Fsp3) is 0.217. The maximum atomic E-state index is 14.3. The summed E-state index contributed by atoms with van der Waals surface area (Å²) in [7, 11) is 1.17. The number of fused-ring (bicyclic) bond motifs is 1. The third-order valence-electron chi connectivity index (χ3n) is 5.35. The first kappa shape index (κ1) is 21.6. The van der Waals surface area contributed by atoms with E-state index in [0.29, 0.717) is 23.1 Å². The van der Waals surface area contributed by atoms with Gasteiger partial charge in [0.25, 0.3) is 0 Å². The molecule has 0 radical (unpaired) electrons. The highest BCUT2D eigenvalue weighted by atomic mass is 19.4. The molecule has 166 valence electrons. The van der Waals surface area contributed by atoms with Crippen molar-refractivity contribution in [2.75, 3.05) is 23.9 Å². The molecule has 2 heterocycles. The number of hydrogen-bond acceptors (Lipinski definition) is 3. The quantitative estimate of drug-likeness (QED) is 0.517. The van der Waals surface area contributed by atoms with Crippen LogP contribution in [0.15, 0.2) is 48.8 Å². The summed E-state index contributed by atoms with van der Waals surface area (Å²) >= 11 is 0. The second kappa shape index (κ2) is 8.14. The summed E-state index contributed by atoms with van der Waals surface area (Å²) < 4.78 is 59.4. The van der Waals surface area contributed by atoms with Crippen LogP contribution < -0.4 is 15.0 Å². The van der Waals surface area contributed by atoms with Gasteiger partial charge >= 0.3 is 12.2 Å². The largest absolute Gasteiger partial charge is 0.496 e. The molecule has 0 unspecified atom stereocenters. The Labute approximate surface area is 181 Å². The number of nitrogens with zero attached hydrogens (tertiary/aromatic N) is 2.